The summed E-state index contributed by atoms with van der Waals surface area (Å²) in [6.45, 7) is 0. The van der Waals surface area contributed by atoms with Crippen LogP contribution in [0.15, 0.2) is 66.4 Å². The number of pyridine rings is 1. The maximum atomic E-state index is 12.4. The minimum Gasteiger partial charge on any atom is -0.453 e. The van der Waals surface area contributed by atoms with E-state index in [-0.39, 0.29) is 12.1 Å². The van der Waals surface area contributed by atoms with E-state index in [1.807, 2.05) is 24.3 Å². The zero-order valence-electron chi connectivity index (χ0n) is 13.9. The molecule has 1 aliphatic rings. The molecule has 3 nitrogen and oxygen atoms in total. The molecule has 0 N–H and O–H groups in total. The molecule has 3 rings (SSSR count). The molecule has 0 fully saturated rings. The fourth-order valence-electron chi connectivity index (χ4n) is 3.09. The number of rotatable bonds is 6. The van der Waals surface area contributed by atoms with Gasteiger partial charge >= 0.3 is 5.97 Å². The Morgan fingerprint density at radius 3 is 2.62 bits per heavy atom. The van der Waals surface area contributed by atoms with Gasteiger partial charge in [0.05, 0.1) is 0 Å². The minimum atomic E-state index is -0.333. The van der Waals surface area contributed by atoms with Gasteiger partial charge in [0.15, 0.2) is 0 Å². The van der Waals surface area contributed by atoms with Gasteiger partial charge in [-0.1, -0.05) is 42.5 Å². The second-order valence-corrected chi connectivity index (χ2v) is 6.16. The summed E-state index contributed by atoms with van der Waals surface area (Å²) < 4.78 is 5.83. The first-order valence-corrected chi connectivity index (χ1v) is 8.68. The van der Waals surface area contributed by atoms with Crippen LogP contribution in [0.25, 0.3) is 0 Å². The number of esters is 1. The molecule has 1 aromatic carbocycles. The van der Waals surface area contributed by atoms with Crippen molar-refractivity contribution in [3.8, 4) is 0 Å². The van der Waals surface area contributed by atoms with Gasteiger partial charge in [0.1, 0.15) is 11.8 Å². The SMILES string of the molecule is O=C(OC(CCc1ccccc1)C1=CCCCC1)c1ccccn1. The van der Waals surface area contributed by atoms with Crippen molar-refractivity contribution < 1.29 is 9.53 Å². The summed E-state index contributed by atoms with van der Waals surface area (Å²) in [6, 6.07) is 15.7. The van der Waals surface area contributed by atoms with Crippen LogP contribution in [0.3, 0.4) is 0 Å². The van der Waals surface area contributed by atoms with Crippen molar-refractivity contribution in [3.63, 3.8) is 0 Å². The molecule has 24 heavy (non-hydrogen) atoms. The zero-order chi connectivity index (χ0) is 16.6. The molecule has 1 heterocycles. The molecular weight excluding hydrogens is 298 g/mol. The van der Waals surface area contributed by atoms with Gasteiger partial charge in [-0.05, 0) is 61.8 Å². The van der Waals surface area contributed by atoms with Gasteiger partial charge in [0.25, 0.3) is 0 Å². The van der Waals surface area contributed by atoms with Gasteiger partial charge in [-0.2, -0.15) is 0 Å². The van der Waals surface area contributed by atoms with Crippen LogP contribution in [-0.2, 0) is 11.2 Å². The van der Waals surface area contributed by atoms with Gasteiger partial charge in [-0.15, -0.1) is 0 Å². The van der Waals surface area contributed by atoms with Gasteiger partial charge in [0.2, 0.25) is 0 Å². The number of benzene rings is 1. The van der Waals surface area contributed by atoms with Crippen LogP contribution in [0, 0.1) is 0 Å². The second kappa shape index (κ2) is 8.44. The molecule has 0 radical (unpaired) electrons. The lowest BCUT2D eigenvalue weighted by atomic mass is 9.92. The lowest BCUT2D eigenvalue weighted by Gasteiger charge is -2.23. The summed E-state index contributed by atoms with van der Waals surface area (Å²) in [6.07, 6.45) is 9.94. The summed E-state index contributed by atoms with van der Waals surface area (Å²) >= 11 is 0. The topological polar surface area (TPSA) is 39.2 Å². The van der Waals surface area contributed by atoms with Crippen LogP contribution in [0.5, 0.6) is 0 Å². The third-order valence-corrected chi connectivity index (χ3v) is 4.40. The first-order chi connectivity index (χ1) is 11.8. The van der Waals surface area contributed by atoms with E-state index in [1.165, 1.54) is 24.0 Å². The van der Waals surface area contributed by atoms with Crippen molar-refractivity contribution in [2.45, 2.75) is 44.6 Å². The fraction of sp³-hybridized carbons (Fsp3) is 0.333. The Balaban J connectivity index is 1.69. The molecule has 0 aliphatic heterocycles. The number of aryl methyl sites for hydroxylation is 1. The normalized spacial score (nSPS) is 15.4. The van der Waals surface area contributed by atoms with Crippen molar-refractivity contribution in [2.24, 2.45) is 0 Å². The van der Waals surface area contributed by atoms with E-state index in [0.29, 0.717) is 5.69 Å². The minimum absolute atomic E-state index is 0.153. The Morgan fingerprint density at radius 2 is 1.92 bits per heavy atom. The molecule has 0 saturated carbocycles. The molecule has 0 bridgehead atoms. The summed E-state index contributed by atoms with van der Waals surface area (Å²) in [5.74, 6) is -0.333. The molecule has 1 aromatic heterocycles. The molecule has 124 valence electrons. The Labute approximate surface area is 143 Å². The third-order valence-electron chi connectivity index (χ3n) is 4.40. The van der Waals surface area contributed by atoms with Crippen LogP contribution in [0.2, 0.25) is 0 Å². The lowest BCUT2D eigenvalue weighted by Crippen LogP contribution is -2.23. The lowest BCUT2D eigenvalue weighted by molar-refractivity contribution is 0.0343. The van der Waals surface area contributed by atoms with E-state index >= 15 is 0 Å². The highest BCUT2D eigenvalue weighted by Crippen LogP contribution is 2.25. The van der Waals surface area contributed by atoms with Crippen molar-refractivity contribution in [1.82, 2.24) is 4.98 Å². The highest BCUT2D eigenvalue weighted by molar-refractivity contribution is 5.87. The molecule has 1 atom stereocenters. The smallest absolute Gasteiger partial charge is 0.357 e. The Hall–Kier alpha value is -2.42. The van der Waals surface area contributed by atoms with E-state index < -0.39 is 0 Å². The fourth-order valence-corrected chi connectivity index (χ4v) is 3.09. The van der Waals surface area contributed by atoms with Crippen molar-refractivity contribution in [3.05, 3.63) is 77.6 Å². The van der Waals surface area contributed by atoms with Gasteiger partial charge in [-0.25, -0.2) is 9.78 Å². The van der Waals surface area contributed by atoms with Crippen molar-refractivity contribution in [2.75, 3.05) is 0 Å². The molecule has 1 aliphatic carbocycles. The number of carbonyl (C=O) groups excluding carboxylic acids is 1. The van der Waals surface area contributed by atoms with E-state index in [0.717, 1.165) is 25.7 Å². The van der Waals surface area contributed by atoms with E-state index in [9.17, 15) is 4.79 Å². The van der Waals surface area contributed by atoms with Crippen LogP contribution >= 0.6 is 0 Å². The Kier molecular flexibility index (Phi) is 5.78. The number of ether oxygens (including phenoxy) is 1. The highest BCUT2D eigenvalue weighted by atomic mass is 16.5. The largest absolute Gasteiger partial charge is 0.453 e. The molecule has 2 aromatic rings. The van der Waals surface area contributed by atoms with Crippen LogP contribution in [0.4, 0.5) is 0 Å². The average Bonchev–Trinajstić information content (AvgIpc) is 2.67. The second-order valence-electron chi connectivity index (χ2n) is 6.16. The first kappa shape index (κ1) is 16.4. The summed E-state index contributed by atoms with van der Waals surface area (Å²) in [4.78, 5) is 16.5. The van der Waals surface area contributed by atoms with Gasteiger partial charge in [-0.3, -0.25) is 0 Å². The first-order valence-electron chi connectivity index (χ1n) is 8.68. The molecule has 3 heteroatoms. The number of nitrogens with zero attached hydrogens (tertiary/aromatic N) is 1. The number of allylic oxidation sites excluding steroid dienone is 1. The number of aromatic nitrogens is 1. The Bertz CT molecular complexity index is 679. The average molecular weight is 321 g/mol. The van der Waals surface area contributed by atoms with E-state index in [4.69, 9.17) is 4.74 Å². The van der Waals surface area contributed by atoms with Crippen molar-refractivity contribution in [1.29, 1.82) is 0 Å². The van der Waals surface area contributed by atoms with Crippen LogP contribution in [0.1, 0.15) is 48.2 Å². The summed E-state index contributed by atoms with van der Waals surface area (Å²) in [7, 11) is 0. The number of hydrogen-bond acceptors (Lipinski definition) is 3. The maximum absolute atomic E-state index is 12.4. The predicted octanol–water partition coefficient (Wildman–Crippen LogP) is 4.74. The zero-order valence-corrected chi connectivity index (χ0v) is 13.9. The highest BCUT2D eigenvalue weighted by Gasteiger charge is 2.21. The molecular formula is C21H23NO2. The molecule has 0 spiro atoms. The monoisotopic (exact) mass is 321 g/mol. The van der Waals surface area contributed by atoms with Gasteiger partial charge < -0.3 is 4.74 Å². The standard InChI is InChI=1S/C21H23NO2/c23-21(19-13-7-8-16-22-19)24-20(18-11-5-2-6-12-18)15-14-17-9-3-1-4-10-17/h1,3-4,7-11,13,16,20H,2,5-6,12,14-15H2. The summed E-state index contributed by atoms with van der Waals surface area (Å²) in [5.41, 5.74) is 2.91. The molecule has 0 saturated heterocycles. The third kappa shape index (κ3) is 4.54. The van der Waals surface area contributed by atoms with Crippen LogP contribution < -0.4 is 0 Å². The van der Waals surface area contributed by atoms with Gasteiger partial charge in [0, 0.05) is 6.20 Å². The van der Waals surface area contributed by atoms with Crippen LogP contribution in [-0.4, -0.2) is 17.1 Å². The van der Waals surface area contributed by atoms with E-state index in [1.54, 1.807) is 18.3 Å². The molecule has 1 unspecified atom stereocenters. The number of hydrogen-bond donors (Lipinski definition) is 0. The van der Waals surface area contributed by atoms with E-state index in [2.05, 4.69) is 23.2 Å². The summed E-state index contributed by atoms with van der Waals surface area (Å²) in [5, 5.41) is 0. The number of carbonyl (C=O) groups is 1. The quantitative estimate of drug-likeness (QED) is 0.570. The Morgan fingerprint density at radius 1 is 1.08 bits per heavy atom. The van der Waals surface area contributed by atoms with Crippen molar-refractivity contribution >= 4 is 5.97 Å². The predicted molar refractivity (Wildman–Crippen MR) is 94.8 cm³/mol. The maximum Gasteiger partial charge on any atom is 0.357 e. The molecule has 0 amide bonds.